The Kier molecular flexibility index (Phi) is 7.92. The van der Waals surface area contributed by atoms with E-state index in [1.807, 2.05) is 18.3 Å². The van der Waals surface area contributed by atoms with Crippen LogP contribution in [0.1, 0.15) is 32.3 Å². The molecule has 0 spiro atoms. The van der Waals surface area contributed by atoms with Crippen LogP contribution in [0, 0.1) is 5.92 Å². The van der Waals surface area contributed by atoms with E-state index in [1.165, 1.54) is 12.8 Å². The molecule has 1 aromatic rings. The molecule has 126 valence electrons. The van der Waals surface area contributed by atoms with Gasteiger partial charge in [-0.1, -0.05) is 26.3 Å². The van der Waals surface area contributed by atoms with E-state index < -0.39 is 17.1 Å². The molecule has 0 radical (unpaired) electrons. The zero-order valence-corrected chi connectivity index (χ0v) is 16.9. The molecule has 1 rings (SSSR count). The van der Waals surface area contributed by atoms with Crippen LogP contribution in [0.4, 0.5) is 0 Å². The van der Waals surface area contributed by atoms with E-state index >= 15 is 0 Å². The van der Waals surface area contributed by atoms with Crippen LogP contribution >= 0.6 is 0 Å². The van der Waals surface area contributed by atoms with Crippen molar-refractivity contribution in [2.75, 3.05) is 6.61 Å². The number of aromatic nitrogens is 1. The van der Waals surface area contributed by atoms with Crippen molar-refractivity contribution in [3.05, 3.63) is 30.1 Å². The van der Waals surface area contributed by atoms with Gasteiger partial charge in [-0.15, -0.1) is 0 Å². The third-order valence-electron chi connectivity index (χ3n) is 3.30. The van der Waals surface area contributed by atoms with Crippen LogP contribution < -0.4 is 0 Å². The summed E-state index contributed by atoms with van der Waals surface area (Å²) in [6.07, 6.45) is 5.99. The number of pyridine rings is 1. The van der Waals surface area contributed by atoms with E-state index in [1.54, 1.807) is 6.20 Å². The summed E-state index contributed by atoms with van der Waals surface area (Å²) < 4.78 is 18.4. The molecule has 1 atom stereocenters. The number of rotatable bonds is 10. The zero-order chi connectivity index (χ0) is 16.6. The Morgan fingerprint density at radius 3 is 2.41 bits per heavy atom. The van der Waals surface area contributed by atoms with Crippen LogP contribution in [-0.4, -0.2) is 28.7 Å². The second-order valence-electron chi connectivity index (χ2n) is 6.76. The molecule has 0 aromatic carbocycles. The topological polar surface area (TPSA) is 40.6 Å². The van der Waals surface area contributed by atoms with Crippen LogP contribution in [0.3, 0.4) is 0 Å². The van der Waals surface area contributed by atoms with E-state index in [0.717, 1.165) is 12.2 Å². The van der Waals surface area contributed by atoms with Crippen molar-refractivity contribution >= 4 is 17.1 Å². The molecular formula is C16H31NO3Si2. The van der Waals surface area contributed by atoms with Gasteiger partial charge in [-0.2, -0.15) is 0 Å². The molecule has 0 amide bonds. The van der Waals surface area contributed by atoms with Gasteiger partial charge in [-0.25, -0.2) is 0 Å². The largest absolute Gasteiger partial charge is 0.415 e. The smallest absolute Gasteiger partial charge is 0.323 e. The zero-order valence-electron chi connectivity index (χ0n) is 14.9. The Labute approximate surface area is 137 Å². The molecule has 0 aliphatic heterocycles. The van der Waals surface area contributed by atoms with E-state index in [9.17, 15) is 0 Å². The van der Waals surface area contributed by atoms with Crippen LogP contribution in [0.5, 0.6) is 0 Å². The Morgan fingerprint density at radius 1 is 1.14 bits per heavy atom. The normalized spacial score (nSPS) is 14.1. The van der Waals surface area contributed by atoms with Crippen molar-refractivity contribution in [1.82, 2.24) is 4.98 Å². The van der Waals surface area contributed by atoms with Gasteiger partial charge >= 0.3 is 17.1 Å². The van der Waals surface area contributed by atoms with E-state index in [-0.39, 0.29) is 0 Å². The molecule has 0 saturated heterocycles. The summed E-state index contributed by atoms with van der Waals surface area (Å²) in [7, 11) is -4.35. The molecule has 0 fully saturated rings. The third kappa shape index (κ3) is 8.19. The first-order valence-electron chi connectivity index (χ1n) is 8.11. The summed E-state index contributed by atoms with van der Waals surface area (Å²) in [4.78, 5) is 4.10. The molecule has 6 heteroatoms. The van der Waals surface area contributed by atoms with Crippen molar-refractivity contribution < 1.29 is 13.0 Å². The minimum atomic E-state index is -2.20. The van der Waals surface area contributed by atoms with Gasteiger partial charge in [0.15, 0.2) is 0 Å². The highest BCUT2D eigenvalue weighted by atomic mass is 28.5. The number of nitrogens with zero attached hydrogens (tertiary/aromatic N) is 1. The molecule has 22 heavy (non-hydrogen) atoms. The van der Waals surface area contributed by atoms with Gasteiger partial charge in [0.1, 0.15) is 0 Å². The number of hydrogen-bond acceptors (Lipinski definition) is 4. The maximum absolute atomic E-state index is 6.29. The molecule has 1 heterocycles. The van der Waals surface area contributed by atoms with Crippen molar-refractivity contribution in [2.24, 2.45) is 5.92 Å². The fraction of sp³-hybridized carbons (Fsp3) is 0.688. The number of hydrogen-bond donors (Lipinski definition) is 0. The van der Waals surface area contributed by atoms with Crippen LogP contribution in [-0.2, 0) is 19.6 Å². The second kappa shape index (κ2) is 8.93. The van der Waals surface area contributed by atoms with Gasteiger partial charge in [0.25, 0.3) is 0 Å². The SMILES string of the molecule is CCCC(C)CO[Si](C)(C)O[Si](C)(C)OCc1cccnc1. The van der Waals surface area contributed by atoms with Gasteiger partial charge in [0.05, 0.1) is 6.61 Å². The minimum absolute atomic E-state index is 0.545. The van der Waals surface area contributed by atoms with Crippen LogP contribution in [0.2, 0.25) is 26.2 Å². The third-order valence-corrected chi connectivity index (χ3v) is 8.93. The lowest BCUT2D eigenvalue weighted by Gasteiger charge is -2.33. The van der Waals surface area contributed by atoms with Gasteiger partial charge in [-0.05, 0) is 50.2 Å². The van der Waals surface area contributed by atoms with Crippen LogP contribution in [0.25, 0.3) is 0 Å². The molecule has 1 unspecified atom stereocenters. The van der Waals surface area contributed by atoms with Gasteiger partial charge in [-0.3, -0.25) is 4.98 Å². The standard InChI is InChI=1S/C16H31NO3Si2/c1-7-9-15(2)13-18-21(3,4)20-22(5,6)19-14-16-10-8-11-17-12-16/h8,10-12,15H,7,9,13-14H2,1-6H3. The first-order chi connectivity index (χ1) is 10.2. The first kappa shape index (κ1) is 19.5. The van der Waals surface area contributed by atoms with Crippen molar-refractivity contribution in [3.63, 3.8) is 0 Å². The maximum Gasteiger partial charge on any atom is 0.323 e. The highest BCUT2D eigenvalue weighted by molar-refractivity contribution is 6.78. The fourth-order valence-electron chi connectivity index (χ4n) is 2.31. The highest BCUT2D eigenvalue weighted by Crippen LogP contribution is 2.19. The van der Waals surface area contributed by atoms with Crippen molar-refractivity contribution in [2.45, 2.75) is 59.5 Å². The van der Waals surface area contributed by atoms with Gasteiger partial charge in [0, 0.05) is 19.0 Å². The Hall–Kier alpha value is -0.536. The predicted molar refractivity (Wildman–Crippen MR) is 95.1 cm³/mol. The van der Waals surface area contributed by atoms with Gasteiger partial charge < -0.3 is 13.0 Å². The van der Waals surface area contributed by atoms with E-state index in [4.69, 9.17) is 13.0 Å². The Bertz CT molecular complexity index is 427. The molecule has 0 N–H and O–H groups in total. The summed E-state index contributed by atoms with van der Waals surface area (Å²) in [5.41, 5.74) is 1.07. The molecule has 4 nitrogen and oxygen atoms in total. The molecular weight excluding hydrogens is 310 g/mol. The first-order valence-corrected chi connectivity index (χ1v) is 13.7. The summed E-state index contributed by atoms with van der Waals surface area (Å²) in [5.74, 6) is 0.585. The molecule has 0 aliphatic rings. The van der Waals surface area contributed by atoms with Crippen molar-refractivity contribution in [1.29, 1.82) is 0 Å². The molecule has 0 bridgehead atoms. The predicted octanol–water partition coefficient (Wildman–Crippen LogP) is 4.47. The van der Waals surface area contributed by atoms with Crippen molar-refractivity contribution in [3.8, 4) is 0 Å². The molecule has 1 aromatic heterocycles. The lowest BCUT2D eigenvalue weighted by Crippen LogP contribution is -2.48. The van der Waals surface area contributed by atoms with Crippen LogP contribution in [0.15, 0.2) is 24.5 Å². The van der Waals surface area contributed by atoms with E-state index in [2.05, 4.69) is 45.0 Å². The summed E-state index contributed by atoms with van der Waals surface area (Å²) in [6.45, 7) is 14.1. The molecule has 0 aliphatic carbocycles. The maximum atomic E-state index is 6.29. The Balaban J connectivity index is 2.43. The highest BCUT2D eigenvalue weighted by Gasteiger charge is 2.36. The summed E-state index contributed by atoms with van der Waals surface area (Å²) >= 11 is 0. The minimum Gasteiger partial charge on any atom is -0.415 e. The lowest BCUT2D eigenvalue weighted by molar-refractivity contribution is 0.170. The second-order valence-corrected chi connectivity index (χ2v) is 13.7. The fourth-order valence-corrected chi connectivity index (χ4v) is 8.72. The van der Waals surface area contributed by atoms with Gasteiger partial charge in [0.2, 0.25) is 0 Å². The summed E-state index contributed by atoms with van der Waals surface area (Å²) in [6, 6.07) is 3.94. The average molecular weight is 342 g/mol. The van der Waals surface area contributed by atoms with E-state index in [0.29, 0.717) is 12.5 Å². The monoisotopic (exact) mass is 341 g/mol. The molecule has 0 saturated carbocycles. The lowest BCUT2D eigenvalue weighted by atomic mass is 10.1. The Morgan fingerprint density at radius 2 is 1.82 bits per heavy atom. The average Bonchev–Trinajstić information content (AvgIpc) is 2.44. The summed E-state index contributed by atoms with van der Waals surface area (Å²) in [5, 5.41) is 0. The quantitative estimate of drug-likeness (QED) is 0.589.